The topological polar surface area (TPSA) is 89.5 Å². The van der Waals surface area contributed by atoms with Crippen LogP contribution in [0.2, 0.25) is 0 Å². The summed E-state index contributed by atoms with van der Waals surface area (Å²) in [7, 11) is 3.13. The van der Waals surface area contributed by atoms with Crippen LogP contribution in [0.15, 0.2) is 75.9 Å². The van der Waals surface area contributed by atoms with Gasteiger partial charge in [-0.15, -0.1) is 0 Å². The summed E-state index contributed by atoms with van der Waals surface area (Å²) in [5.41, 5.74) is 3.27. The number of carbonyl (C=O) groups is 2. The van der Waals surface area contributed by atoms with Crippen LogP contribution in [0.1, 0.15) is 30.5 Å². The number of rotatable bonds is 10. The highest BCUT2D eigenvalue weighted by Crippen LogP contribution is 2.45. The van der Waals surface area contributed by atoms with Crippen molar-refractivity contribution in [3.05, 3.63) is 87.9 Å². The molecule has 2 aromatic carbocycles. The van der Waals surface area contributed by atoms with E-state index in [0.29, 0.717) is 27.9 Å². The standard InChI is InChI=1S/C27H28FN3O5S/c1-17-24(26(33)36-13-12-34-2)25(19-6-10-22(35-3)11-7-19)31-21(16-37-27(31)30-17)14-23(32)29-15-18-4-8-20(28)9-5-18/h4-11,16,25H,12-15H2,1-3H3,(H,29,32). The Morgan fingerprint density at radius 2 is 1.81 bits per heavy atom. The Balaban J connectivity index is 1.58. The van der Waals surface area contributed by atoms with Gasteiger partial charge in [0.15, 0.2) is 5.17 Å². The van der Waals surface area contributed by atoms with Crippen molar-refractivity contribution in [3.63, 3.8) is 0 Å². The summed E-state index contributed by atoms with van der Waals surface area (Å²) >= 11 is 1.40. The third kappa shape index (κ3) is 6.20. The smallest absolute Gasteiger partial charge is 0.338 e. The highest BCUT2D eigenvalue weighted by molar-refractivity contribution is 8.16. The number of esters is 1. The van der Waals surface area contributed by atoms with E-state index in [0.717, 1.165) is 11.1 Å². The van der Waals surface area contributed by atoms with Gasteiger partial charge >= 0.3 is 5.97 Å². The van der Waals surface area contributed by atoms with Gasteiger partial charge < -0.3 is 24.4 Å². The number of ether oxygens (including phenoxy) is 3. The Morgan fingerprint density at radius 3 is 2.49 bits per heavy atom. The van der Waals surface area contributed by atoms with Crippen LogP contribution < -0.4 is 10.1 Å². The maximum Gasteiger partial charge on any atom is 0.338 e. The van der Waals surface area contributed by atoms with Gasteiger partial charge in [0, 0.05) is 19.4 Å². The van der Waals surface area contributed by atoms with E-state index < -0.39 is 12.0 Å². The molecular weight excluding hydrogens is 497 g/mol. The zero-order valence-electron chi connectivity index (χ0n) is 20.8. The second kappa shape index (κ2) is 12.1. The SMILES string of the molecule is COCCOC(=O)C1=C(C)N=C2SC=C(CC(=O)NCc3ccc(F)cc3)N2C1c1ccc(OC)cc1. The van der Waals surface area contributed by atoms with E-state index in [9.17, 15) is 14.0 Å². The summed E-state index contributed by atoms with van der Waals surface area (Å²) in [5.74, 6) is -0.341. The van der Waals surface area contributed by atoms with Gasteiger partial charge in [0.2, 0.25) is 5.91 Å². The molecule has 2 aliphatic heterocycles. The van der Waals surface area contributed by atoms with Crippen molar-refractivity contribution < 1.29 is 28.2 Å². The van der Waals surface area contributed by atoms with Crippen LogP contribution in [0, 0.1) is 5.82 Å². The Hall–Kier alpha value is -3.63. The van der Waals surface area contributed by atoms with E-state index in [1.54, 1.807) is 26.2 Å². The molecule has 8 nitrogen and oxygen atoms in total. The number of nitrogens with one attached hydrogen (secondary N) is 1. The molecule has 1 unspecified atom stereocenters. The average molecular weight is 526 g/mol. The molecular formula is C27H28FN3O5S. The minimum atomic E-state index is -0.542. The Bertz CT molecular complexity index is 1240. The average Bonchev–Trinajstić information content (AvgIpc) is 3.29. The fourth-order valence-electron chi connectivity index (χ4n) is 4.06. The van der Waals surface area contributed by atoms with E-state index in [1.165, 1.54) is 31.0 Å². The minimum absolute atomic E-state index is 0.0743. The molecule has 1 atom stereocenters. The molecule has 1 N–H and O–H groups in total. The molecule has 0 fully saturated rings. The molecule has 194 valence electrons. The lowest BCUT2D eigenvalue weighted by molar-refractivity contribution is -0.141. The fourth-order valence-corrected chi connectivity index (χ4v) is 5.02. The molecule has 0 radical (unpaired) electrons. The maximum atomic E-state index is 13.2. The molecule has 2 heterocycles. The monoisotopic (exact) mass is 525 g/mol. The van der Waals surface area contributed by atoms with E-state index in [1.807, 2.05) is 34.6 Å². The van der Waals surface area contributed by atoms with Crippen molar-refractivity contribution >= 4 is 28.8 Å². The van der Waals surface area contributed by atoms with Gasteiger partial charge in [-0.3, -0.25) is 4.79 Å². The summed E-state index contributed by atoms with van der Waals surface area (Å²) < 4.78 is 29.0. The summed E-state index contributed by atoms with van der Waals surface area (Å²) in [5, 5.41) is 5.42. The molecule has 4 rings (SSSR count). The summed E-state index contributed by atoms with van der Waals surface area (Å²) in [6.07, 6.45) is 0.0743. The maximum absolute atomic E-state index is 13.2. The number of allylic oxidation sites excluding steroid dienone is 1. The predicted octanol–water partition coefficient (Wildman–Crippen LogP) is 4.31. The zero-order chi connectivity index (χ0) is 26.4. The fraction of sp³-hybridized carbons (Fsp3) is 0.296. The third-order valence-corrected chi connectivity index (χ3v) is 6.81. The Morgan fingerprint density at radius 1 is 1.08 bits per heavy atom. The molecule has 2 aromatic rings. The number of amides is 1. The number of aliphatic imine (C=N–C) groups is 1. The molecule has 0 saturated heterocycles. The third-order valence-electron chi connectivity index (χ3n) is 5.92. The number of halogens is 1. The van der Waals surface area contributed by atoms with E-state index in [4.69, 9.17) is 14.2 Å². The number of benzene rings is 2. The highest BCUT2D eigenvalue weighted by Gasteiger charge is 2.41. The minimum Gasteiger partial charge on any atom is -0.497 e. The van der Waals surface area contributed by atoms with Gasteiger partial charge in [0.1, 0.15) is 18.2 Å². The van der Waals surface area contributed by atoms with Gasteiger partial charge in [-0.2, -0.15) is 0 Å². The lowest BCUT2D eigenvalue weighted by Gasteiger charge is -2.36. The first-order valence-corrected chi connectivity index (χ1v) is 12.5. The van der Waals surface area contributed by atoms with Crippen molar-refractivity contribution in [3.8, 4) is 5.75 Å². The van der Waals surface area contributed by atoms with Crippen LogP contribution in [0.25, 0.3) is 0 Å². The number of carbonyl (C=O) groups excluding carboxylic acids is 2. The highest BCUT2D eigenvalue weighted by atomic mass is 32.2. The van der Waals surface area contributed by atoms with E-state index in [2.05, 4.69) is 10.3 Å². The molecule has 0 bridgehead atoms. The largest absolute Gasteiger partial charge is 0.497 e. The first-order chi connectivity index (χ1) is 17.9. The van der Waals surface area contributed by atoms with E-state index in [-0.39, 0.29) is 37.9 Å². The second-order valence-corrected chi connectivity index (χ2v) is 9.21. The molecule has 0 spiro atoms. The van der Waals surface area contributed by atoms with Gasteiger partial charge in [-0.25, -0.2) is 14.2 Å². The van der Waals surface area contributed by atoms with Crippen molar-refractivity contribution in [1.82, 2.24) is 10.2 Å². The molecule has 2 aliphatic rings. The van der Waals surface area contributed by atoms with Gasteiger partial charge in [0.05, 0.1) is 37.4 Å². The molecule has 37 heavy (non-hydrogen) atoms. The zero-order valence-corrected chi connectivity index (χ0v) is 21.6. The number of amidine groups is 1. The number of thioether (sulfide) groups is 1. The Labute approximate surface area is 219 Å². The first kappa shape index (κ1) is 26.4. The van der Waals surface area contributed by atoms with Crippen LogP contribution in [0.4, 0.5) is 4.39 Å². The van der Waals surface area contributed by atoms with Crippen LogP contribution >= 0.6 is 11.8 Å². The summed E-state index contributed by atoms with van der Waals surface area (Å²) in [6, 6.07) is 12.9. The van der Waals surface area contributed by atoms with Crippen LogP contribution in [0.5, 0.6) is 5.75 Å². The second-order valence-electron chi connectivity index (χ2n) is 8.37. The number of methoxy groups -OCH3 is 2. The van der Waals surface area contributed by atoms with Crippen molar-refractivity contribution in [2.75, 3.05) is 27.4 Å². The molecule has 1 amide bonds. The van der Waals surface area contributed by atoms with Crippen LogP contribution in [0.3, 0.4) is 0 Å². The number of hydrogen-bond donors (Lipinski definition) is 1. The number of hydrogen-bond acceptors (Lipinski definition) is 8. The summed E-state index contributed by atoms with van der Waals surface area (Å²) in [6.45, 7) is 2.44. The first-order valence-electron chi connectivity index (χ1n) is 11.7. The molecule has 0 saturated carbocycles. The van der Waals surface area contributed by atoms with Gasteiger partial charge in [-0.05, 0) is 47.7 Å². The lowest BCUT2D eigenvalue weighted by Crippen LogP contribution is -2.38. The number of nitrogens with zero attached hydrogens (tertiary/aromatic N) is 2. The molecule has 0 aliphatic carbocycles. The predicted molar refractivity (Wildman–Crippen MR) is 139 cm³/mol. The van der Waals surface area contributed by atoms with Gasteiger partial charge in [0.25, 0.3) is 0 Å². The van der Waals surface area contributed by atoms with Crippen LogP contribution in [-0.4, -0.2) is 49.4 Å². The normalized spacial score (nSPS) is 16.6. The Kier molecular flexibility index (Phi) is 8.62. The van der Waals surface area contributed by atoms with E-state index >= 15 is 0 Å². The quantitative estimate of drug-likeness (QED) is 0.365. The van der Waals surface area contributed by atoms with Crippen LogP contribution in [-0.2, 0) is 25.6 Å². The van der Waals surface area contributed by atoms with Gasteiger partial charge in [-0.1, -0.05) is 36.0 Å². The van der Waals surface area contributed by atoms with Crippen molar-refractivity contribution in [2.24, 2.45) is 4.99 Å². The lowest BCUT2D eigenvalue weighted by atomic mass is 9.93. The summed E-state index contributed by atoms with van der Waals surface area (Å²) in [4.78, 5) is 32.6. The molecule has 10 heteroatoms. The van der Waals surface area contributed by atoms with Crippen molar-refractivity contribution in [1.29, 1.82) is 0 Å². The van der Waals surface area contributed by atoms with Crippen molar-refractivity contribution in [2.45, 2.75) is 25.9 Å². The number of fused-ring (bicyclic) bond motifs is 1. The molecule has 0 aromatic heterocycles.